The fourth-order valence-corrected chi connectivity index (χ4v) is 3.75. The van der Waals surface area contributed by atoms with Crippen molar-refractivity contribution in [2.45, 2.75) is 6.04 Å². The van der Waals surface area contributed by atoms with Crippen molar-refractivity contribution in [3.8, 4) is 17.3 Å². The summed E-state index contributed by atoms with van der Waals surface area (Å²) in [7, 11) is 3.10. The fourth-order valence-electron chi connectivity index (χ4n) is 3.55. The number of methoxy groups -OCH3 is 2. The van der Waals surface area contributed by atoms with Crippen LogP contribution in [0.1, 0.15) is 22.0 Å². The number of hydrogen-bond acceptors (Lipinski definition) is 7. The van der Waals surface area contributed by atoms with Crippen LogP contribution in [0.25, 0.3) is 16.9 Å². The summed E-state index contributed by atoms with van der Waals surface area (Å²) in [4.78, 5) is 20.9. The van der Waals surface area contributed by atoms with E-state index in [2.05, 4.69) is 15.3 Å². The number of fused-ring (bicyclic) bond motifs is 1. The van der Waals surface area contributed by atoms with Gasteiger partial charge in [-0.3, -0.25) is 4.57 Å². The van der Waals surface area contributed by atoms with Gasteiger partial charge in [0, 0.05) is 23.7 Å². The smallest absolute Gasteiger partial charge is 0.339 e. The molecule has 0 aliphatic carbocycles. The first-order chi connectivity index (χ1) is 15.9. The number of nitrogens with two attached hydrogens (primary N) is 1. The summed E-state index contributed by atoms with van der Waals surface area (Å²) in [6.45, 7) is 0.205. The first-order valence-electron chi connectivity index (χ1n) is 10.0. The molecule has 0 radical (unpaired) electrons. The average Bonchev–Trinajstić information content (AvgIpc) is 3.24. The van der Waals surface area contributed by atoms with Crippen molar-refractivity contribution in [1.29, 1.82) is 0 Å². The standard InChI is InChI=1S/C23H22ClN5O4/c1-32-19-9-16-18(10-20(19)33-2)29(12-26-16)21-7-6-15(23(30)31)22(28-21)27-17(11-25)13-4-3-5-14(24)8-13/h3-10,12,17H,11,25H2,1-2H3,(H,27,28)(H,30,31). The molecule has 4 rings (SSSR count). The maximum Gasteiger partial charge on any atom is 0.339 e. The van der Waals surface area contributed by atoms with Gasteiger partial charge in [-0.05, 0) is 29.8 Å². The SMILES string of the molecule is COc1cc2ncn(-c3ccc(C(=O)O)c(NC(CN)c4cccc(Cl)c4)n3)c2cc1OC. The van der Waals surface area contributed by atoms with Crippen LogP contribution in [0.3, 0.4) is 0 Å². The first-order valence-corrected chi connectivity index (χ1v) is 10.4. The molecule has 0 amide bonds. The number of aromatic carboxylic acids is 1. The van der Waals surface area contributed by atoms with E-state index in [1.807, 2.05) is 12.1 Å². The van der Waals surface area contributed by atoms with E-state index in [4.69, 9.17) is 26.8 Å². The lowest BCUT2D eigenvalue weighted by molar-refractivity contribution is 0.0697. The number of anilines is 1. The summed E-state index contributed by atoms with van der Waals surface area (Å²) in [5.41, 5.74) is 8.20. The lowest BCUT2D eigenvalue weighted by Gasteiger charge is -2.20. The molecule has 4 N–H and O–H groups in total. The molecule has 1 atom stereocenters. The second-order valence-corrected chi connectivity index (χ2v) is 7.61. The van der Waals surface area contributed by atoms with Crippen LogP contribution < -0.4 is 20.5 Å². The Balaban J connectivity index is 1.79. The van der Waals surface area contributed by atoms with Gasteiger partial charge in [-0.25, -0.2) is 14.8 Å². The lowest BCUT2D eigenvalue weighted by atomic mass is 10.1. The molecule has 0 bridgehead atoms. The van der Waals surface area contributed by atoms with Crippen LogP contribution in [0.15, 0.2) is 54.9 Å². The number of nitrogens with zero attached hydrogens (tertiary/aromatic N) is 3. The predicted molar refractivity (Wildman–Crippen MR) is 126 cm³/mol. The van der Waals surface area contributed by atoms with Crippen molar-refractivity contribution in [2.75, 3.05) is 26.1 Å². The van der Waals surface area contributed by atoms with Gasteiger partial charge in [-0.15, -0.1) is 0 Å². The largest absolute Gasteiger partial charge is 0.493 e. The molecule has 9 nitrogen and oxygen atoms in total. The van der Waals surface area contributed by atoms with E-state index in [1.165, 1.54) is 6.07 Å². The quantitative estimate of drug-likeness (QED) is 0.356. The molecular weight excluding hydrogens is 446 g/mol. The normalized spacial score (nSPS) is 11.9. The number of carboxylic acids is 1. The molecule has 2 heterocycles. The fraction of sp³-hybridized carbons (Fsp3) is 0.174. The van der Waals surface area contributed by atoms with E-state index in [0.29, 0.717) is 27.9 Å². The molecule has 2 aromatic carbocycles. The van der Waals surface area contributed by atoms with Gasteiger partial charge in [0.1, 0.15) is 23.5 Å². The molecule has 4 aromatic rings. The van der Waals surface area contributed by atoms with E-state index in [-0.39, 0.29) is 17.9 Å². The lowest BCUT2D eigenvalue weighted by Crippen LogP contribution is -2.23. The van der Waals surface area contributed by atoms with Crippen molar-refractivity contribution in [2.24, 2.45) is 5.73 Å². The maximum absolute atomic E-state index is 11.9. The van der Waals surface area contributed by atoms with Gasteiger partial charge in [0.2, 0.25) is 0 Å². The van der Waals surface area contributed by atoms with Crippen LogP contribution in [0.4, 0.5) is 5.82 Å². The Labute approximate surface area is 194 Å². The number of imidazole rings is 1. The van der Waals surface area contributed by atoms with Crippen molar-refractivity contribution in [1.82, 2.24) is 14.5 Å². The molecule has 0 fully saturated rings. The van der Waals surface area contributed by atoms with Crippen LogP contribution in [-0.4, -0.2) is 46.4 Å². The Morgan fingerprint density at radius 3 is 2.61 bits per heavy atom. The highest BCUT2D eigenvalue weighted by Crippen LogP contribution is 2.33. The number of pyridine rings is 1. The second-order valence-electron chi connectivity index (χ2n) is 7.17. The van der Waals surface area contributed by atoms with Crippen molar-refractivity contribution < 1.29 is 19.4 Å². The predicted octanol–water partition coefficient (Wildman–Crippen LogP) is 3.90. The highest BCUT2D eigenvalue weighted by Gasteiger charge is 2.19. The number of carboxylic acid groups (broad SMARTS) is 1. The van der Waals surface area contributed by atoms with Gasteiger partial charge >= 0.3 is 5.97 Å². The number of ether oxygens (including phenoxy) is 2. The molecule has 1 unspecified atom stereocenters. The minimum atomic E-state index is -1.11. The molecule has 2 aromatic heterocycles. The number of benzene rings is 2. The van der Waals surface area contributed by atoms with Gasteiger partial charge in [0.25, 0.3) is 0 Å². The monoisotopic (exact) mass is 467 g/mol. The van der Waals surface area contributed by atoms with Crippen LogP contribution in [0, 0.1) is 0 Å². The third-order valence-electron chi connectivity index (χ3n) is 5.21. The maximum atomic E-state index is 11.9. The summed E-state index contributed by atoms with van der Waals surface area (Å²) < 4.78 is 12.5. The Kier molecular flexibility index (Phi) is 6.34. The summed E-state index contributed by atoms with van der Waals surface area (Å²) in [5.74, 6) is 0.632. The zero-order valence-corrected chi connectivity index (χ0v) is 18.7. The highest BCUT2D eigenvalue weighted by atomic mass is 35.5. The average molecular weight is 468 g/mol. The molecule has 0 saturated carbocycles. The van der Waals surface area contributed by atoms with Crippen LogP contribution in [-0.2, 0) is 0 Å². The van der Waals surface area contributed by atoms with E-state index in [9.17, 15) is 9.90 Å². The molecular formula is C23H22ClN5O4. The van der Waals surface area contributed by atoms with Crippen molar-refractivity contribution in [3.63, 3.8) is 0 Å². The number of rotatable bonds is 8. The molecule has 0 spiro atoms. The number of halogens is 1. The Hall–Kier alpha value is -3.82. The second kappa shape index (κ2) is 9.35. The third-order valence-corrected chi connectivity index (χ3v) is 5.44. The van der Waals surface area contributed by atoms with Gasteiger partial charge in [0.15, 0.2) is 11.5 Å². The van der Waals surface area contributed by atoms with E-state index >= 15 is 0 Å². The van der Waals surface area contributed by atoms with Gasteiger partial charge < -0.3 is 25.6 Å². The van der Waals surface area contributed by atoms with Crippen LogP contribution >= 0.6 is 11.6 Å². The van der Waals surface area contributed by atoms with Gasteiger partial charge in [0.05, 0.1) is 31.3 Å². The number of nitrogens with one attached hydrogen (secondary N) is 1. The molecule has 0 aliphatic heterocycles. The first kappa shape index (κ1) is 22.4. The number of carbonyl (C=O) groups is 1. The zero-order valence-electron chi connectivity index (χ0n) is 17.9. The van der Waals surface area contributed by atoms with Gasteiger partial charge in [-0.2, -0.15) is 0 Å². The summed E-state index contributed by atoms with van der Waals surface area (Å²) in [6, 6.07) is 13.5. The van der Waals surface area contributed by atoms with Crippen molar-refractivity contribution >= 4 is 34.4 Å². The summed E-state index contributed by atoms with van der Waals surface area (Å²) in [6.07, 6.45) is 1.60. The van der Waals surface area contributed by atoms with Crippen molar-refractivity contribution in [3.05, 3.63) is 71.0 Å². The summed E-state index contributed by atoms with van der Waals surface area (Å²) >= 11 is 6.12. The molecule has 10 heteroatoms. The highest BCUT2D eigenvalue weighted by molar-refractivity contribution is 6.30. The Bertz CT molecular complexity index is 1320. The van der Waals surface area contributed by atoms with E-state index in [1.54, 1.807) is 55.4 Å². The molecule has 0 saturated heterocycles. The van der Waals surface area contributed by atoms with E-state index in [0.717, 1.165) is 11.1 Å². The summed E-state index contributed by atoms with van der Waals surface area (Å²) in [5, 5.41) is 13.4. The molecule has 170 valence electrons. The zero-order chi connectivity index (χ0) is 23.5. The van der Waals surface area contributed by atoms with Crippen LogP contribution in [0.5, 0.6) is 11.5 Å². The minimum Gasteiger partial charge on any atom is -0.493 e. The van der Waals surface area contributed by atoms with E-state index < -0.39 is 12.0 Å². The third kappa shape index (κ3) is 4.41. The minimum absolute atomic E-state index is 0.0166. The topological polar surface area (TPSA) is 125 Å². The number of aromatic nitrogens is 3. The molecule has 33 heavy (non-hydrogen) atoms. The number of hydrogen-bond donors (Lipinski definition) is 3. The Morgan fingerprint density at radius 2 is 1.94 bits per heavy atom. The van der Waals surface area contributed by atoms with Crippen LogP contribution in [0.2, 0.25) is 5.02 Å². The Morgan fingerprint density at radius 1 is 1.18 bits per heavy atom. The molecule has 0 aliphatic rings. The van der Waals surface area contributed by atoms with Gasteiger partial charge in [-0.1, -0.05) is 23.7 Å².